The Bertz CT molecular complexity index is 802. The van der Waals surface area contributed by atoms with E-state index in [-0.39, 0.29) is 18.5 Å². The fourth-order valence-corrected chi connectivity index (χ4v) is 3.40. The molecule has 1 aliphatic rings. The van der Waals surface area contributed by atoms with Crippen LogP contribution in [0.5, 0.6) is 5.75 Å². The number of rotatable bonds is 7. The maximum Gasteiger partial charge on any atom is 0.341 e. The van der Waals surface area contributed by atoms with E-state index < -0.39 is 5.60 Å². The molecule has 0 radical (unpaired) electrons. The van der Waals surface area contributed by atoms with Crippen LogP contribution in [0.3, 0.4) is 0 Å². The van der Waals surface area contributed by atoms with E-state index in [1.807, 2.05) is 34.6 Å². The average Bonchev–Trinajstić information content (AvgIpc) is 2.99. The van der Waals surface area contributed by atoms with Crippen molar-refractivity contribution in [3.63, 3.8) is 0 Å². The molecule has 6 nitrogen and oxygen atoms in total. The number of carbonyl (C=O) groups is 2. The summed E-state index contributed by atoms with van der Waals surface area (Å²) in [7, 11) is 3.42. The zero-order valence-corrected chi connectivity index (χ0v) is 17.9. The quantitative estimate of drug-likeness (QED) is 0.553. The lowest BCUT2D eigenvalue weighted by atomic mass is 9.93. The molecule has 1 aliphatic heterocycles. The molecule has 0 saturated heterocycles. The minimum absolute atomic E-state index is 0.204. The summed E-state index contributed by atoms with van der Waals surface area (Å²) in [6.45, 7) is 9.79. The lowest BCUT2D eigenvalue weighted by molar-refractivity contribution is -0.154. The number of hydrogen-bond acceptors (Lipinski definition) is 6. The number of allylic oxidation sites excluding steroid dienone is 2. The number of ether oxygens (including phenoxy) is 3. The Labute approximate surface area is 167 Å². The van der Waals surface area contributed by atoms with Crippen molar-refractivity contribution in [1.29, 1.82) is 0 Å². The van der Waals surface area contributed by atoms with Crippen LogP contribution in [-0.4, -0.2) is 31.7 Å². The molecule has 0 aromatic heterocycles. The Morgan fingerprint density at radius 2 is 1.96 bits per heavy atom. The number of fused-ring (bicyclic) bond motifs is 1. The monoisotopic (exact) mass is 389 g/mol. The van der Waals surface area contributed by atoms with Gasteiger partial charge in [-0.3, -0.25) is 4.79 Å². The zero-order chi connectivity index (χ0) is 21.1. The predicted octanol–water partition coefficient (Wildman–Crippen LogP) is 4.33. The zero-order valence-electron chi connectivity index (χ0n) is 17.9. The van der Waals surface area contributed by atoms with Gasteiger partial charge >= 0.3 is 11.9 Å². The molecule has 0 saturated carbocycles. The molecule has 0 spiro atoms. The van der Waals surface area contributed by atoms with Crippen molar-refractivity contribution in [1.82, 2.24) is 0 Å². The fraction of sp³-hybridized carbons (Fsp3) is 0.545. The van der Waals surface area contributed by atoms with Crippen molar-refractivity contribution < 1.29 is 23.8 Å². The Hall–Kier alpha value is -2.50. The van der Waals surface area contributed by atoms with Crippen molar-refractivity contribution in [2.45, 2.75) is 66.1 Å². The largest absolute Gasteiger partial charge is 0.496 e. The molecule has 1 heterocycles. The SMILES string of the molecule is CNc1c(C/C=C(\C)CCC(=O)OC(C)(C)C)c(OC)c(C)c2c1C(=O)OC2. The van der Waals surface area contributed by atoms with Gasteiger partial charge in [-0.15, -0.1) is 0 Å². The van der Waals surface area contributed by atoms with Gasteiger partial charge in [0.2, 0.25) is 0 Å². The van der Waals surface area contributed by atoms with Gasteiger partial charge in [0.05, 0.1) is 18.4 Å². The Morgan fingerprint density at radius 1 is 1.29 bits per heavy atom. The van der Waals surface area contributed by atoms with Gasteiger partial charge in [-0.1, -0.05) is 11.6 Å². The van der Waals surface area contributed by atoms with E-state index >= 15 is 0 Å². The highest BCUT2D eigenvalue weighted by atomic mass is 16.6. The molecule has 0 bridgehead atoms. The van der Waals surface area contributed by atoms with Crippen molar-refractivity contribution in [3.8, 4) is 5.75 Å². The third-order valence-electron chi connectivity index (χ3n) is 4.72. The number of benzene rings is 1. The molecule has 154 valence electrons. The summed E-state index contributed by atoms with van der Waals surface area (Å²) in [5, 5.41) is 3.14. The van der Waals surface area contributed by atoms with Crippen molar-refractivity contribution >= 4 is 17.6 Å². The van der Waals surface area contributed by atoms with E-state index in [0.29, 0.717) is 24.8 Å². The van der Waals surface area contributed by atoms with Crippen LogP contribution in [0.2, 0.25) is 0 Å². The predicted molar refractivity (Wildman–Crippen MR) is 109 cm³/mol. The highest BCUT2D eigenvalue weighted by molar-refractivity contribution is 6.01. The first kappa shape index (κ1) is 21.8. The van der Waals surface area contributed by atoms with E-state index in [9.17, 15) is 9.59 Å². The van der Waals surface area contributed by atoms with Gasteiger partial charge in [0, 0.05) is 24.6 Å². The third-order valence-corrected chi connectivity index (χ3v) is 4.72. The first-order valence-corrected chi connectivity index (χ1v) is 9.53. The molecule has 1 N–H and O–H groups in total. The number of nitrogens with one attached hydrogen (secondary N) is 1. The van der Waals surface area contributed by atoms with E-state index in [1.54, 1.807) is 14.2 Å². The minimum atomic E-state index is -0.472. The number of cyclic esters (lactones) is 1. The highest BCUT2D eigenvalue weighted by Gasteiger charge is 2.31. The molecule has 0 unspecified atom stereocenters. The van der Waals surface area contributed by atoms with Gasteiger partial charge in [-0.25, -0.2) is 4.79 Å². The molecule has 0 aliphatic carbocycles. The Morgan fingerprint density at radius 3 is 2.54 bits per heavy atom. The third kappa shape index (κ3) is 4.86. The first-order valence-electron chi connectivity index (χ1n) is 9.53. The van der Waals surface area contributed by atoms with Crippen molar-refractivity contribution in [2.24, 2.45) is 0 Å². The summed E-state index contributed by atoms with van der Waals surface area (Å²) < 4.78 is 16.2. The van der Waals surface area contributed by atoms with E-state index in [2.05, 4.69) is 11.4 Å². The minimum Gasteiger partial charge on any atom is -0.496 e. The molecule has 6 heteroatoms. The number of esters is 2. The molecule has 2 rings (SSSR count). The smallest absolute Gasteiger partial charge is 0.341 e. The van der Waals surface area contributed by atoms with Crippen molar-refractivity contribution in [3.05, 3.63) is 33.9 Å². The van der Waals surface area contributed by atoms with Crippen LogP contribution >= 0.6 is 0 Å². The van der Waals surface area contributed by atoms with Gasteiger partial charge in [0.1, 0.15) is 18.0 Å². The lowest BCUT2D eigenvalue weighted by Crippen LogP contribution is -2.23. The van der Waals surface area contributed by atoms with Gasteiger partial charge in [-0.2, -0.15) is 0 Å². The normalized spacial score (nSPS) is 13.8. The maximum atomic E-state index is 12.2. The second kappa shape index (κ2) is 8.67. The van der Waals surface area contributed by atoms with Gasteiger partial charge in [0.25, 0.3) is 0 Å². The fourth-order valence-electron chi connectivity index (χ4n) is 3.40. The molecular weight excluding hydrogens is 358 g/mol. The summed E-state index contributed by atoms with van der Waals surface area (Å²) in [5.74, 6) is 0.249. The number of hydrogen-bond donors (Lipinski definition) is 1. The summed E-state index contributed by atoms with van der Waals surface area (Å²) in [4.78, 5) is 24.1. The lowest BCUT2D eigenvalue weighted by Gasteiger charge is -2.20. The molecule has 0 amide bonds. The van der Waals surface area contributed by atoms with Crippen LogP contribution in [-0.2, 0) is 27.3 Å². The standard InChI is InChI=1S/C22H31NO5/c1-13(9-11-17(24)28-22(3,4)5)8-10-15-19(23-6)18-16(12-27-21(18)25)14(2)20(15)26-7/h8,23H,9-12H2,1-7H3/b13-8+. The highest BCUT2D eigenvalue weighted by Crippen LogP contribution is 2.41. The van der Waals surface area contributed by atoms with Crippen LogP contribution in [0.4, 0.5) is 5.69 Å². The van der Waals surface area contributed by atoms with Gasteiger partial charge in [-0.05, 0) is 53.0 Å². The Balaban J connectivity index is 2.22. The van der Waals surface area contributed by atoms with E-state index in [0.717, 1.165) is 33.7 Å². The topological polar surface area (TPSA) is 73.9 Å². The second-order valence-electron chi connectivity index (χ2n) is 8.03. The van der Waals surface area contributed by atoms with Crippen LogP contribution in [0.1, 0.15) is 67.6 Å². The average molecular weight is 389 g/mol. The van der Waals surface area contributed by atoms with Crippen LogP contribution < -0.4 is 10.1 Å². The maximum absolute atomic E-state index is 12.2. The van der Waals surface area contributed by atoms with Crippen molar-refractivity contribution in [2.75, 3.05) is 19.5 Å². The van der Waals surface area contributed by atoms with Gasteiger partial charge in [0.15, 0.2) is 0 Å². The number of carbonyl (C=O) groups excluding carboxylic acids is 2. The summed E-state index contributed by atoms with van der Waals surface area (Å²) in [6, 6.07) is 0. The number of methoxy groups -OCH3 is 1. The number of anilines is 1. The van der Waals surface area contributed by atoms with Crippen LogP contribution in [0.25, 0.3) is 0 Å². The summed E-state index contributed by atoms with van der Waals surface area (Å²) in [6.07, 6.45) is 3.61. The van der Waals surface area contributed by atoms with E-state index in [1.165, 1.54) is 0 Å². The molecule has 1 aromatic rings. The van der Waals surface area contributed by atoms with Crippen LogP contribution in [0.15, 0.2) is 11.6 Å². The summed E-state index contributed by atoms with van der Waals surface area (Å²) in [5.41, 5.74) is 4.66. The molecule has 0 atom stereocenters. The molecule has 0 fully saturated rings. The molecular formula is C22H31NO5. The first-order chi connectivity index (χ1) is 13.1. The second-order valence-corrected chi connectivity index (χ2v) is 8.03. The summed E-state index contributed by atoms with van der Waals surface area (Å²) >= 11 is 0. The van der Waals surface area contributed by atoms with E-state index in [4.69, 9.17) is 14.2 Å². The van der Waals surface area contributed by atoms with Crippen LogP contribution in [0, 0.1) is 6.92 Å². The van der Waals surface area contributed by atoms with Gasteiger partial charge < -0.3 is 19.5 Å². The molecule has 28 heavy (non-hydrogen) atoms. The Kier molecular flexibility index (Phi) is 6.75. The molecule has 1 aromatic carbocycles.